The number of alkyl halides is 3. The normalized spacial score (nSPS) is 25.9. The second kappa shape index (κ2) is 9.05. The summed E-state index contributed by atoms with van der Waals surface area (Å²) in [4.78, 5) is 16.0. The predicted molar refractivity (Wildman–Crippen MR) is 130 cm³/mol. The van der Waals surface area contributed by atoms with Crippen LogP contribution >= 0.6 is 0 Å². The highest BCUT2D eigenvalue weighted by atomic mass is 19.4. The first-order valence-corrected chi connectivity index (χ1v) is 12.8. The molecule has 2 bridgehead atoms. The topological polar surface area (TPSA) is 71.8 Å². The lowest BCUT2D eigenvalue weighted by Crippen LogP contribution is -2.48. The monoisotopic (exact) mass is 497 g/mol. The Balaban J connectivity index is 1.20. The van der Waals surface area contributed by atoms with Crippen molar-refractivity contribution in [2.45, 2.75) is 63.7 Å². The fourth-order valence-corrected chi connectivity index (χ4v) is 6.20. The SMILES string of the molecule is Cc1cc(N2CC3CC[C@@H](C2)C3Nc2nc3n(n2)CCCC[C@@H]3c2ccc(C(F)(F)F)cc2)ncn1. The van der Waals surface area contributed by atoms with E-state index in [1.807, 2.05) is 17.7 Å². The molecule has 1 aliphatic carbocycles. The van der Waals surface area contributed by atoms with E-state index in [0.29, 0.717) is 23.8 Å². The van der Waals surface area contributed by atoms with E-state index in [2.05, 4.69) is 20.2 Å². The van der Waals surface area contributed by atoms with E-state index < -0.39 is 11.7 Å². The van der Waals surface area contributed by atoms with Crippen molar-refractivity contribution in [2.24, 2.45) is 11.8 Å². The first-order chi connectivity index (χ1) is 17.3. The number of aromatic nitrogens is 5. The Labute approximate surface area is 208 Å². The molecule has 6 rings (SSSR count). The number of aryl methyl sites for hydroxylation is 2. The van der Waals surface area contributed by atoms with Gasteiger partial charge in [-0.3, -0.25) is 0 Å². The van der Waals surface area contributed by atoms with Crippen LogP contribution in [0.3, 0.4) is 0 Å². The van der Waals surface area contributed by atoms with Crippen molar-refractivity contribution in [1.82, 2.24) is 24.7 Å². The number of hydrogen-bond donors (Lipinski definition) is 1. The first kappa shape index (κ1) is 23.2. The first-order valence-electron chi connectivity index (χ1n) is 12.8. The fourth-order valence-electron chi connectivity index (χ4n) is 6.20. The van der Waals surface area contributed by atoms with Crippen LogP contribution in [-0.2, 0) is 12.7 Å². The molecule has 1 N–H and O–H groups in total. The zero-order valence-corrected chi connectivity index (χ0v) is 20.2. The molecule has 10 heteroatoms. The summed E-state index contributed by atoms with van der Waals surface area (Å²) in [5, 5.41) is 8.46. The molecule has 3 aliphatic rings. The van der Waals surface area contributed by atoms with Gasteiger partial charge in [-0.1, -0.05) is 18.6 Å². The molecule has 36 heavy (non-hydrogen) atoms. The maximum atomic E-state index is 13.1. The van der Waals surface area contributed by atoms with Crippen molar-refractivity contribution in [2.75, 3.05) is 23.3 Å². The molecule has 190 valence electrons. The van der Waals surface area contributed by atoms with Gasteiger partial charge in [0, 0.05) is 43.4 Å². The summed E-state index contributed by atoms with van der Waals surface area (Å²) in [6.07, 6.45) is 2.44. The van der Waals surface area contributed by atoms with Gasteiger partial charge in [0.2, 0.25) is 5.95 Å². The molecule has 0 radical (unpaired) electrons. The van der Waals surface area contributed by atoms with Gasteiger partial charge >= 0.3 is 6.18 Å². The van der Waals surface area contributed by atoms with Crippen LogP contribution in [0, 0.1) is 18.8 Å². The van der Waals surface area contributed by atoms with Gasteiger partial charge in [-0.15, -0.1) is 5.10 Å². The summed E-state index contributed by atoms with van der Waals surface area (Å²) in [6, 6.07) is 7.88. The molecule has 7 nitrogen and oxygen atoms in total. The highest BCUT2D eigenvalue weighted by Gasteiger charge is 2.43. The Morgan fingerprint density at radius 2 is 1.72 bits per heavy atom. The molecular weight excluding hydrogens is 467 g/mol. The van der Waals surface area contributed by atoms with Gasteiger partial charge in [-0.25, -0.2) is 14.6 Å². The van der Waals surface area contributed by atoms with Gasteiger partial charge < -0.3 is 10.2 Å². The highest BCUT2D eigenvalue weighted by Crippen LogP contribution is 2.40. The quantitative estimate of drug-likeness (QED) is 0.545. The van der Waals surface area contributed by atoms with E-state index >= 15 is 0 Å². The maximum Gasteiger partial charge on any atom is 0.416 e. The smallest absolute Gasteiger partial charge is 0.356 e. The third-order valence-electron chi connectivity index (χ3n) is 8.01. The van der Waals surface area contributed by atoms with Gasteiger partial charge in [-0.05, 0) is 62.1 Å². The minimum Gasteiger partial charge on any atom is -0.356 e. The molecule has 0 spiro atoms. The number of piperidine rings is 1. The van der Waals surface area contributed by atoms with Crippen LogP contribution in [-0.4, -0.2) is 43.9 Å². The van der Waals surface area contributed by atoms with Crippen LogP contribution in [0.4, 0.5) is 24.9 Å². The van der Waals surface area contributed by atoms with E-state index in [4.69, 9.17) is 10.1 Å². The molecule has 1 saturated heterocycles. The summed E-state index contributed by atoms with van der Waals surface area (Å²) < 4.78 is 41.1. The van der Waals surface area contributed by atoms with Gasteiger partial charge in [0.05, 0.1) is 5.56 Å². The van der Waals surface area contributed by atoms with Crippen LogP contribution < -0.4 is 10.2 Å². The third kappa shape index (κ3) is 4.41. The van der Waals surface area contributed by atoms with Crippen LogP contribution in [0.2, 0.25) is 0 Å². The number of nitrogens with one attached hydrogen (secondary N) is 1. The lowest BCUT2D eigenvalue weighted by atomic mass is 9.92. The Hall–Kier alpha value is -3.17. The minimum absolute atomic E-state index is 0.0580. The van der Waals surface area contributed by atoms with Crippen molar-refractivity contribution < 1.29 is 13.2 Å². The van der Waals surface area contributed by atoms with Crippen molar-refractivity contribution in [3.63, 3.8) is 0 Å². The molecule has 2 aromatic heterocycles. The van der Waals surface area contributed by atoms with Crippen molar-refractivity contribution in [1.29, 1.82) is 0 Å². The number of fused-ring (bicyclic) bond motifs is 3. The molecular formula is C26H30F3N7. The van der Waals surface area contributed by atoms with Crippen LogP contribution in [0.15, 0.2) is 36.7 Å². The van der Waals surface area contributed by atoms with Crippen LogP contribution in [0.5, 0.6) is 0 Å². The maximum absolute atomic E-state index is 13.1. The lowest BCUT2D eigenvalue weighted by Gasteiger charge is -2.38. The Bertz CT molecular complexity index is 1210. The van der Waals surface area contributed by atoms with Crippen molar-refractivity contribution in [3.8, 4) is 0 Å². The molecule has 1 saturated carbocycles. The molecule has 0 amide bonds. The lowest BCUT2D eigenvalue weighted by molar-refractivity contribution is -0.137. The number of anilines is 2. The number of hydrogen-bond acceptors (Lipinski definition) is 6. The molecule has 4 heterocycles. The average Bonchev–Trinajstić information content (AvgIpc) is 3.25. The second-order valence-electron chi connectivity index (χ2n) is 10.4. The summed E-state index contributed by atoms with van der Waals surface area (Å²) >= 11 is 0. The molecule has 3 aromatic rings. The number of benzene rings is 1. The standard InChI is InChI=1S/C26H30F3N7/c1-16-12-22(31-15-30-16)35-13-18-5-6-19(14-35)23(18)32-25-33-24-21(4-2-3-11-36(24)34-25)17-7-9-20(10-8-17)26(27,28)29/h7-10,12,15,18-19,21,23H,2-6,11,13-14H2,1H3,(H,32,34)/t18-,19?,21+,23?/m0/s1. The van der Waals surface area contributed by atoms with Crippen LogP contribution in [0.1, 0.15) is 60.7 Å². The largest absolute Gasteiger partial charge is 0.416 e. The second-order valence-corrected chi connectivity index (χ2v) is 10.4. The summed E-state index contributed by atoms with van der Waals surface area (Å²) in [6.45, 7) is 4.64. The Morgan fingerprint density at radius 1 is 0.972 bits per heavy atom. The summed E-state index contributed by atoms with van der Waals surface area (Å²) in [5.74, 6) is 3.37. The van der Waals surface area contributed by atoms with Gasteiger partial charge in [0.25, 0.3) is 0 Å². The summed E-state index contributed by atoms with van der Waals surface area (Å²) in [5.41, 5.74) is 1.21. The van der Waals surface area contributed by atoms with E-state index in [1.165, 1.54) is 12.1 Å². The Kier molecular flexibility index (Phi) is 5.84. The summed E-state index contributed by atoms with van der Waals surface area (Å²) in [7, 11) is 0. The number of nitrogens with zero attached hydrogens (tertiary/aromatic N) is 6. The van der Waals surface area contributed by atoms with Gasteiger partial charge in [0.15, 0.2) is 0 Å². The minimum atomic E-state index is -4.33. The zero-order valence-electron chi connectivity index (χ0n) is 20.2. The molecule has 2 fully saturated rings. The average molecular weight is 498 g/mol. The van der Waals surface area contributed by atoms with E-state index in [-0.39, 0.29) is 5.92 Å². The number of halogens is 3. The predicted octanol–water partition coefficient (Wildman–Crippen LogP) is 5.04. The van der Waals surface area contributed by atoms with Crippen LogP contribution in [0.25, 0.3) is 0 Å². The van der Waals surface area contributed by atoms with Gasteiger partial charge in [0.1, 0.15) is 18.0 Å². The van der Waals surface area contributed by atoms with Gasteiger partial charge in [-0.2, -0.15) is 18.2 Å². The molecule has 2 aliphatic heterocycles. The highest BCUT2D eigenvalue weighted by molar-refractivity contribution is 5.42. The molecule has 1 aromatic carbocycles. The zero-order chi connectivity index (χ0) is 24.9. The fraction of sp³-hybridized carbons (Fsp3) is 0.538. The Morgan fingerprint density at radius 3 is 2.42 bits per heavy atom. The third-order valence-corrected chi connectivity index (χ3v) is 8.01. The van der Waals surface area contributed by atoms with E-state index in [0.717, 1.165) is 74.6 Å². The van der Waals surface area contributed by atoms with E-state index in [9.17, 15) is 13.2 Å². The number of rotatable bonds is 4. The van der Waals surface area contributed by atoms with Crippen molar-refractivity contribution >= 4 is 11.8 Å². The molecule has 4 atom stereocenters. The molecule has 2 unspecified atom stereocenters. The van der Waals surface area contributed by atoms with E-state index in [1.54, 1.807) is 18.5 Å². The van der Waals surface area contributed by atoms with Crippen molar-refractivity contribution in [3.05, 3.63) is 59.3 Å².